The highest BCUT2D eigenvalue weighted by Gasteiger charge is 2.25. The largest absolute Gasteiger partial charge is 0.381 e. The Hall–Kier alpha value is -3.43. The maximum absolute atomic E-state index is 6.35. The second kappa shape index (κ2) is 9.67. The molecule has 6 rings (SSSR count). The third-order valence-electron chi connectivity index (χ3n) is 6.57. The molecule has 4 heterocycles. The Morgan fingerprint density at radius 3 is 2.23 bits per heavy atom. The number of hydrogen-bond acceptors (Lipinski definition) is 8. The summed E-state index contributed by atoms with van der Waals surface area (Å²) < 4.78 is 7.48. The molecule has 2 aliphatic heterocycles. The highest BCUT2D eigenvalue weighted by atomic mass is 35.5. The number of halogens is 1. The fourth-order valence-corrected chi connectivity index (χ4v) is 4.83. The summed E-state index contributed by atoms with van der Waals surface area (Å²) >= 11 is 6.35. The molecule has 0 unspecified atom stereocenters. The summed E-state index contributed by atoms with van der Waals surface area (Å²) in [6.07, 6.45) is 3.72. The smallest absolute Gasteiger partial charge is 0.242 e. The van der Waals surface area contributed by atoms with Crippen molar-refractivity contribution in [3.8, 4) is 5.95 Å². The fraction of sp³-hybridized carbons (Fsp3) is 0.360. The van der Waals surface area contributed by atoms with Crippen molar-refractivity contribution in [2.45, 2.75) is 18.9 Å². The molecule has 180 valence electrons. The SMILES string of the molecule is Clc1ccccc1NC1CCN(c2nc(N3CCOCC3)nc(-n3cnc4ccccc43)n2)CC1. The number of ether oxygens (including phenoxy) is 1. The summed E-state index contributed by atoms with van der Waals surface area (Å²) in [7, 11) is 0. The number of morpholine rings is 1. The summed E-state index contributed by atoms with van der Waals surface area (Å²) in [4.78, 5) is 23.6. The second-order valence-electron chi connectivity index (χ2n) is 8.82. The molecule has 0 amide bonds. The minimum Gasteiger partial charge on any atom is -0.381 e. The number of fused-ring (bicyclic) bond motifs is 1. The molecule has 2 aliphatic rings. The lowest BCUT2D eigenvalue weighted by Gasteiger charge is -2.34. The highest BCUT2D eigenvalue weighted by molar-refractivity contribution is 6.33. The van der Waals surface area contributed by atoms with E-state index < -0.39 is 0 Å². The molecule has 4 aromatic rings. The standard InChI is InChI=1S/C25H27ClN8O/c26-19-5-1-2-6-20(19)28-18-9-11-32(12-10-18)23-29-24(33-13-15-35-16-14-33)31-25(30-23)34-17-27-21-7-3-4-8-22(21)34/h1-8,17-18,28H,9-16H2. The maximum atomic E-state index is 6.35. The molecule has 0 aliphatic carbocycles. The minimum atomic E-state index is 0.351. The first-order valence-corrected chi connectivity index (χ1v) is 12.4. The minimum absolute atomic E-state index is 0.351. The van der Waals surface area contributed by atoms with Crippen molar-refractivity contribution in [2.75, 3.05) is 54.5 Å². The van der Waals surface area contributed by atoms with Gasteiger partial charge in [0.05, 0.1) is 35.0 Å². The van der Waals surface area contributed by atoms with Crippen molar-refractivity contribution in [1.82, 2.24) is 24.5 Å². The average molecular weight is 491 g/mol. The van der Waals surface area contributed by atoms with Gasteiger partial charge in [-0.05, 0) is 37.1 Å². The zero-order chi connectivity index (χ0) is 23.6. The Labute approximate surface area is 208 Å². The first kappa shape index (κ1) is 22.1. The van der Waals surface area contributed by atoms with Gasteiger partial charge in [0.15, 0.2) is 0 Å². The summed E-state index contributed by atoms with van der Waals surface area (Å²) in [6, 6.07) is 16.3. The van der Waals surface area contributed by atoms with E-state index in [4.69, 9.17) is 31.3 Å². The van der Waals surface area contributed by atoms with Gasteiger partial charge in [0.1, 0.15) is 6.33 Å². The van der Waals surface area contributed by atoms with Crippen LogP contribution < -0.4 is 15.1 Å². The Balaban J connectivity index is 1.27. The molecule has 2 saturated heterocycles. The van der Waals surface area contributed by atoms with Crippen LogP contribution in [0.25, 0.3) is 17.0 Å². The molecule has 0 saturated carbocycles. The quantitative estimate of drug-likeness (QED) is 0.452. The molecule has 9 nitrogen and oxygen atoms in total. The van der Waals surface area contributed by atoms with Gasteiger partial charge >= 0.3 is 0 Å². The number of aromatic nitrogens is 5. The van der Waals surface area contributed by atoms with Gasteiger partial charge < -0.3 is 19.9 Å². The number of para-hydroxylation sites is 3. The van der Waals surface area contributed by atoms with E-state index in [9.17, 15) is 0 Å². The topological polar surface area (TPSA) is 84.2 Å². The van der Waals surface area contributed by atoms with E-state index in [-0.39, 0.29) is 0 Å². The number of rotatable bonds is 5. The van der Waals surface area contributed by atoms with E-state index in [2.05, 4.69) is 20.1 Å². The van der Waals surface area contributed by atoms with Crippen molar-refractivity contribution in [1.29, 1.82) is 0 Å². The number of imidazole rings is 1. The zero-order valence-electron chi connectivity index (χ0n) is 19.3. The monoisotopic (exact) mass is 490 g/mol. The van der Waals surface area contributed by atoms with Gasteiger partial charge in [0.2, 0.25) is 17.8 Å². The molecular formula is C25H27ClN8O. The Kier molecular flexibility index (Phi) is 6.10. The van der Waals surface area contributed by atoms with Gasteiger partial charge in [0, 0.05) is 32.2 Å². The molecule has 35 heavy (non-hydrogen) atoms. The lowest BCUT2D eigenvalue weighted by Crippen LogP contribution is -2.41. The van der Waals surface area contributed by atoms with Crippen molar-refractivity contribution < 1.29 is 4.74 Å². The number of piperidine rings is 1. The number of nitrogens with one attached hydrogen (secondary N) is 1. The van der Waals surface area contributed by atoms with Crippen molar-refractivity contribution in [3.05, 3.63) is 59.9 Å². The molecule has 2 aromatic heterocycles. The van der Waals surface area contributed by atoms with E-state index in [1.807, 2.05) is 53.1 Å². The third kappa shape index (κ3) is 4.61. The molecule has 2 fully saturated rings. The first-order valence-electron chi connectivity index (χ1n) is 12.0. The van der Waals surface area contributed by atoms with Crippen LogP contribution in [0, 0.1) is 0 Å². The van der Waals surface area contributed by atoms with E-state index in [0.717, 1.165) is 60.8 Å². The summed E-state index contributed by atoms with van der Waals surface area (Å²) in [5.41, 5.74) is 2.87. The van der Waals surface area contributed by atoms with Gasteiger partial charge in [-0.1, -0.05) is 35.9 Å². The van der Waals surface area contributed by atoms with E-state index in [0.29, 0.717) is 37.1 Å². The lowest BCUT2D eigenvalue weighted by molar-refractivity contribution is 0.122. The number of benzene rings is 2. The van der Waals surface area contributed by atoms with Gasteiger partial charge in [0.25, 0.3) is 0 Å². The lowest BCUT2D eigenvalue weighted by atomic mass is 10.0. The Morgan fingerprint density at radius 2 is 1.46 bits per heavy atom. The molecule has 1 N–H and O–H groups in total. The molecule has 0 atom stereocenters. The normalized spacial score (nSPS) is 17.2. The van der Waals surface area contributed by atoms with Crippen molar-refractivity contribution in [3.63, 3.8) is 0 Å². The van der Waals surface area contributed by atoms with Gasteiger partial charge in [-0.2, -0.15) is 15.0 Å². The van der Waals surface area contributed by atoms with Crippen LogP contribution >= 0.6 is 11.6 Å². The Bertz CT molecular complexity index is 1310. The van der Waals surface area contributed by atoms with Crippen LogP contribution in [-0.4, -0.2) is 69.9 Å². The van der Waals surface area contributed by atoms with Crippen LogP contribution in [0.4, 0.5) is 17.6 Å². The number of nitrogens with zero attached hydrogens (tertiary/aromatic N) is 7. The predicted molar refractivity (Wildman–Crippen MR) is 138 cm³/mol. The average Bonchev–Trinajstić information content (AvgIpc) is 3.35. The molecular weight excluding hydrogens is 464 g/mol. The number of anilines is 3. The van der Waals surface area contributed by atoms with Crippen LogP contribution in [-0.2, 0) is 4.74 Å². The highest BCUT2D eigenvalue weighted by Crippen LogP contribution is 2.26. The van der Waals surface area contributed by atoms with E-state index in [1.165, 1.54) is 0 Å². The Morgan fingerprint density at radius 1 is 0.800 bits per heavy atom. The van der Waals surface area contributed by atoms with Crippen LogP contribution in [0.1, 0.15) is 12.8 Å². The molecule has 10 heteroatoms. The molecule has 0 radical (unpaired) electrons. The van der Waals surface area contributed by atoms with Gasteiger partial charge in [-0.15, -0.1) is 0 Å². The first-order chi connectivity index (χ1) is 17.2. The van der Waals surface area contributed by atoms with Crippen LogP contribution in [0.2, 0.25) is 5.02 Å². The molecule has 2 aromatic carbocycles. The van der Waals surface area contributed by atoms with Crippen molar-refractivity contribution >= 4 is 40.2 Å². The summed E-state index contributed by atoms with van der Waals surface area (Å²) in [5.74, 6) is 1.97. The predicted octanol–water partition coefficient (Wildman–Crippen LogP) is 3.78. The van der Waals surface area contributed by atoms with Gasteiger partial charge in [-0.25, -0.2) is 4.98 Å². The van der Waals surface area contributed by atoms with Crippen LogP contribution in [0.3, 0.4) is 0 Å². The van der Waals surface area contributed by atoms with Crippen LogP contribution in [0.15, 0.2) is 54.9 Å². The number of hydrogen-bond donors (Lipinski definition) is 1. The summed E-state index contributed by atoms with van der Waals surface area (Å²) in [6.45, 7) is 4.55. The van der Waals surface area contributed by atoms with E-state index >= 15 is 0 Å². The molecule has 0 bridgehead atoms. The van der Waals surface area contributed by atoms with Crippen LogP contribution in [0.5, 0.6) is 0 Å². The third-order valence-corrected chi connectivity index (χ3v) is 6.90. The van der Waals surface area contributed by atoms with E-state index in [1.54, 1.807) is 6.33 Å². The fourth-order valence-electron chi connectivity index (χ4n) is 4.64. The molecule has 0 spiro atoms. The summed E-state index contributed by atoms with van der Waals surface area (Å²) in [5, 5.41) is 4.34. The zero-order valence-corrected chi connectivity index (χ0v) is 20.1. The van der Waals surface area contributed by atoms with Crippen molar-refractivity contribution in [2.24, 2.45) is 0 Å². The second-order valence-corrected chi connectivity index (χ2v) is 9.23. The van der Waals surface area contributed by atoms with Gasteiger partial charge in [-0.3, -0.25) is 4.57 Å². The maximum Gasteiger partial charge on any atom is 0.242 e.